The van der Waals surface area contributed by atoms with E-state index in [1.807, 2.05) is 0 Å². The average molecular weight is 205 g/mol. The van der Waals surface area contributed by atoms with Gasteiger partial charge in [-0.05, 0) is 49.9 Å². The molecule has 1 N–H and O–H groups in total. The third-order valence-electron chi connectivity index (χ3n) is 3.33. The summed E-state index contributed by atoms with van der Waals surface area (Å²) in [4.78, 5) is 0. The second-order valence-corrected chi connectivity index (χ2v) is 4.48. The van der Waals surface area contributed by atoms with Gasteiger partial charge in [-0.1, -0.05) is 32.0 Å². The van der Waals surface area contributed by atoms with Crippen LogP contribution in [0, 0.1) is 13.8 Å². The zero-order valence-electron chi connectivity index (χ0n) is 10.6. The normalized spacial score (nSPS) is 15.0. The number of rotatable bonds is 4. The highest BCUT2D eigenvalue weighted by molar-refractivity contribution is 5.32. The van der Waals surface area contributed by atoms with Gasteiger partial charge in [0, 0.05) is 6.04 Å². The van der Waals surface area contributed by atoms with Crippen molar-refractivity contribution in [2.24, 2.45) is 0 Å². The van der Waals surface area contributed by atoms with Gasteiger partial charge in [-0.15, -0.1) is 0 Å². The molecule has 1 rings (SSSR count). The Labute approximate surface area is 93.9 Å². The Morgan fingerprint density at radius 3 is 2.33 bits per heavy atom. The van der Waals surface area contributed by atoms with Crippen LogP contribution in [0.2, 0.25) is 0 Å². The van der Waals surface area contributed by atoms with Gasteiger partial charge in [-0.2, -0.15) is 0 Å². The van der Waals surface area contributed by atoms with Gasteiger partial charge in [0.2, 0.25) is 0 Å². The molecule has 84 valence electrons. The standard InChI is InChI=1S/C14H23N/c1-6-15-13(5)12(4)14-8-7-10(2)11(3)9-14/h7-9,12-13,15H,6H2,1-5H3. The quantitative estimate of drug-likeness (QED) is 0.794. The van der Waals surface area contributed by atoms with E-state index in [1.165, 1.54) is 16.7 Å². The molecule has 0 heterocycles. The molecule has 0 aliphatic heterocycles. The molecule has 2 atom stereocenters. The Hall–Kier alpha value is -0.820. The Bertz CT molecular complexity index is 317. The maximum atomic E-state index is 3.48. The molecular formula is C14H23N. The van der Waals surface area contributed by atoms with E-state index < -0.39 is 0 Å². The molecule has 0 aromatic heterocycles. The third kappa shape index (κ3) is 3.07. The molecule has 0 spiro atoms. The lowest BCUT2D eigenvalue weighted by Gasteiger charge is -2.21. The van der Waals surface area contributed by atoms with Crippen LogP contribution in [0.5, 0.6) is 0 Å². The molecule has 0 aliphatic carbocycles. The Morgan fingerprint density at radius 2 is 1.80 bits per heavy atom. The summed E-state index contributed by atoms with van der Waals surface area (Å²) in [6, 6.07) is 7.33. The Morgan fingerprint density at radius 1 is 1.13 bits per heavy atom. The molecule has 0 amide bonds. The number of nitrogens with one attached hydrogen (secondary N) is 1. The van der Waals surface area contributed by atoms with Crippen molar-refractivity contribution in [3.63, 3.8) is 0 Å². The molecule has 1 heteroatoms. The maximum Gasteiger partial charge on any atom is 0.0105 e. The van der Waals surface area contributed by atoms with Gasteiger partial charge in [0.15, 0.2) is 0 Å². The van der Waals surface area contributed by atoms with Gasteiger partial charge in [-0.3, -0.25) is 0 Å². The van der Waals surface area contributed by atoms with E-state index in [1.54, 1.807) is 0 Å². The maximum absolute atomic E-state index is 3.48. The van der Waals surface area contributed by atoms with Crippen molar-refractivity contribution in [1.29, 1.82) is 0 Å². The van der Waals surface area contributed by atoms with E-state index in [9.17, 15) is 0 Å². The van der Waals surface area contributed by atoms with Gasteiger partial charge >= 0.3 is 0 Å². The van der Waals surface area contributed by atoms with Crippen molar-refractivity contribution in [1.82, 2.24) is 5.32 Å². The van der Waals surface area contributed by atoms with E-state index in [0.29, 0.717) is 12.0 Å². The molecular weight excluding hydrogens is 182 g/mol. The van der Waals surface area contributed by atoms with Gasteiger partial charge in [0.05, 0.1) is 0 Å². The highest BCUT2D eigenvalue weighted by atomic mass is 14.9. The smallest absolute Gasteiger partial charge is 0.0105 e. The minimum Gasteiger partial charge on any atom is -0.314 e. The Balaban J connectivity index is 2.81. The van der Waals surface area contributed by atoms with Crippen molar-refractivity contribution in [2.45, 2.75) is 46.6 Å². The van der Waals surface area contributed by atoms with Crippen LogP contribution in [0.15, 0.2) is 18.2 Å². The van der Waals surface area contributed by atoms with Crippen LogP contribution in [0.1, 0.15) is 43.4 Å². The number of likely N-dealkylation sites (N-methyl/N-ethyl adjacent to an activating group) is 1. The van der Waals surface area contributed by atoms with E-state index in [4.69, 9.17) is 0 Å². The van der Waals surface area contributed by atoms with Crippen molar-refractivity contribution in [3.05, 3.63) is 34.9 Å². The van der Waals surface area contributed by atoms with Crippen LogP contribution in [-0.4, -0.2) is 12.6 Å². The molecule has 0 fully saturated rings. The van der Waals surface area contributed by atoms with E-state index in [2.05, 4.69) is 58.1 Å². The van der Waals surface area contributed by atoms with Crippen molar-refractivity contribution in [3.8, 4) is 0 Å². The summed E-state index contributed by atoms with van der Waals surface area (Å²) in [5.41, 5.74) is 4.21. The summed E-state index contributed by atoms with van der Waals surface area (Å²) in [7, 11) is 0. The number of hydrogen-bond acceptors (Lipinski definition) is 1. The average Bonchev–Trinajstić information content (AvgIpc) is 2.21. The lowest BCUT2D eigenvalue weighted by Crippen LogP contribution is -2.30. The SMILES string of the molecule is CCNC(C)C(C)c1ccc(C)c(C)c1. The zero-order valence-corrected chi connectivity index (χ0v) is 10.6. The predicted molar refractivity (Wildman–Crippen MR) is 67.5 cm³/mol. The highest BCUT2D eigenvalue weighted by Crippen LogP contribution is 2.21. The van der Waals surface area contributed by atoms with E-state index >= 15 is 0 Å². The summed E-state index contributed by atoms with van der Waals surface area (Å²) in [6.07, 6.45) is 0. The van der Waals surface area contributed by atoms with Crippen LogP contribution >= 0.6 is 0 Å². The third-order valence-corrected chi connectivity index (χ3v) is 3.33. The van der Waals surface area contributed by atoms with Gasteiger partial charge < -0.3 is 5.32 Å². The van der Waals surface area contributed by atoms with Crippen LogP contribution in [-0.2, 0) is 0 Å². The van der Waals surface area contributed by atoms with Gasteiger partial charge in [-0.25, -0.2) is 0 Å². The second kappa shape index (κ2) is 5.32. The topological polar surface area (TPSA) is 12.0 Å². The summed E-state index contributed by atoms with van der Waals surface area (Å²) >= 11 is 0. The van der Waals surface area contributed by atoms with Gasteiger partial charge in [0.25, 0.3) is 0 Å². The summed E-state index contributed by atoms with van der Waals surface area (Å²) in [5, 5.41) is 3.48. The zero-order chi connectivity index (χ0) is 11.4. The lowest BCUT2D eigenvalue weighted by atomic mass is 9.92. The summed E-state index contributed by atoms with van der Waals surface area (Å²) in [6.45, 7) is 12.1. The number of benzene rings is 1. The Kier molecular flexibility index (Phi) is 4.34. The molecule has 1 aromatic rings. The molecule has 0 bridgehead atoms. The number of hydrogen-bond donors (Lipinski definition) is 1. The minimum absolute atomic E-state index is 0.539. The first-order valence-corrected chi connectivity index (χ1v) is 5.86. The largest absolute Gasteiger partial charge is 0.314 e. The number of aryl methyl sites for hydroxylation is 2. The molecule has 1 aromatic carbocycles. The molecule has 1 nitrogen and oxygen atoms in total. The first-order valence-electron chi connectivity index (χ1n) is 5.86. The molecule has 0 aliphatic rings. The van der Waals surface area contributed by atoms with Crippen molar-refractivity contribution in [2.75, 3.05) is 6.54 Å². The van der Waals surface area contributed by atoms with Crippen molar-refractivity contribution >= 4 is 0 Å². The van der Waals surface area contributed by atoms with Crippen LogP contribution in [0.4, 0.5) is 0 Å². The fraction of sp³-hybridized carbons (Fsp3) is 0.571. The van der Waals surface area contributed by atoms with Crippen molar-refractivity contribution < 1.29 is 0 Å². The summed E-state index contributed by atoms with van der Waals surface area (Å²) in [5.74, 6) is 0.573. The summed E-state index contributed by atoms with van der Waals surface area (Å²) < 4.78 is 0. The lowest BCUT2D eigenvalue weighted by molar-refractivity contribution is 0.495. The van der Waals surface area contributed by atoms with Crippen LogP contribution < -0.4 is 5.32 Å². The fourth-order valence-electron chi connectivity index (χ4n) is 1.84. The molecule has 0 saturated heterocycles. The van der Waals surface area contributed by atoms with Gasteiger partial charge in [0.1, 0.15) is 0 Å². The molecule has 15 heavy (non-hydrogen) atoms. The highest BCUT2D eigenvalue weighted by Gasteiger charge is 2.13. The van der Waals surface area contributed by atoms with Crippen LogP contribution in [0.3, 0.4) is 0 Å². The molecule has 0 radical (unpaired) electrons. The van der Waals surface area contributed by atoms with Crippen LogP contribution in [0.25, 0.3) is 0 Å². The fourth-order valence-corrected chi connectivity index (χ4v) is 1.84. The first-order chi connectivity index (χ1) is 7.06. The minimum atomic E-state index is 0.539. The van der Waals surface area contributed by atoms with E-state index in [0.717, 1.165) is 6.54 Å². The predicted octanol–water partition coefficient (Wildman–Crippen LogP) is 3.40. The molecule has 2 unspecified atom stereocenters. The second-order valence-electron chi connectivity index (χ2n) is 4.48. The first kappa shape index (κ1) is 12.3. The monoisotopic (exact) mass is 205 g/mol. The molecule has 0 saturated carbocycles. The van der Waals surface area contributed by atoms with E-state index in [-0.39, 0.29) is 0 Å².